The molecule has 1 heterocycles. The topological polar surface area (TPSA) is 49.4 Å². The molecule has 2 aliphatic carbocycles. The van der Waals surface area contributed by atoms with E-state index in [1.807, 2.05) is 18.7 Å². The smallest absolute Gasteiger partial charge is 0.226 e. The number of piperidine rings is 1. The fourth-order valence-corrected chi connectivity index (χ4v) is 4.44. The van der Waals surface area contributed by atoms with Crippen LogP contribution in [0.1, 0.15) is 52.4 Å². The van der Waals surface area contributed by atoms with Gasteiger partial charge in [-0.05, 0) is 43.9 Å². The van der Waals surface area contributed by atoms with E-state index in [4.69, 9.17) is 0 Å². The second kappa shape index (κ2) is 5.98. The van der Waals surface area contributed by atoms with Crippen LogP contribution in [0.2, 0.25) is 0 Å². The molecule has 0 aromatic carbocycles. The zero-order valence-corrected chi connectivity index (χ0v) is 13.3. The predicted molar refractivity (Wildman–Crippen MR) is 81.5 cm³/mol. The minimum absolute atomic E-state index is 0.0154. The Balaban J connectivity index is 1.56. The second-order valence-electron chi connectivity index (χ2n) is 7.57. The highest BCUT2D eigenvalue weighted by molar-refractivity contribution is 5.80. The van der Waals surface area contributed by atoms with Crippen LogP contribution in [0.25, 0.3) is 0 Å². The summed E-state index contributed by atoms with van der Waals surface area (Å²) in [6.45, 7) is 5.42. The summed E-state index contributed by atoms with van der Waals surface area (Å²) in [6, 6.07) is 0.149. The van der Waals surface area contributed by atoms with Gasteiger partial charge in [0.1, 0.15) is 0 Å². The summed E-state index contributed by atoms with van der Waals surface area (Å²) in [5.41, 5.74) is 0. The Bertz CT molecular complexity index is 421. The van der Waals surface area contributed by atoms with Crippen LogP contribution in [0, 0.1) is 23.7 Å². The number of hydrogen-bond donors (Lipinski definition) is 1. The summed E-state index contributed by atoms with van der Waals surface area (Å²) in [4.78, 5) is 26.6. The van der Waals surface area contributed by atoms with Crippen LogP contribution in [0.5, 0.6) is 0 Å². The lowest BCUT2D eigenvalue weighted by atomic mass is 9.87. The molecule has 0 spiro atoms. The summed E-state index contributed by atoms with van der Waals surface area (Å²) in [5, 5.41) is 3.09. The lowest BCUT2D eigenvalue weighted by Crippen LogP contribution is -2.52. The van der Waals surface area contributed by atoms with Crippen LogP contribution in [0.4, 0.5) is 0 Å². The minimum atomic E-state index is 0.0154. The van der Waals surface area contributed by atoms with E-state index in [0.717, 1.165) is 31.7 Å². The second-order valence-corrected chi connectivity index (χ2v) is 7.57. The van der Waals surface area contributed by atoms with E-state index in [2.05, 4.69) is 5.32 Å². The summed E-state index contributed by atoms with van der Waals surface area (Å²) < 4.78 is 0. The van der Waals surface area contributed by atoms with Gasteiger partial charge in [0.05, 0.1) is 0 Å². The number of carbonyl (C=O) groups excluding carboxylic acids is 2. The van der Waals surface area contributed by atoms with E-state index in [1.165, 1.54) is 19.3 Å². The predicted octanol–water partition coefficient (Wildman–Crippen LogP) is 2.19. The van der Waals surface area contributed by atoms with Crippen LogP contribution in [-0.2, 0) is 9.59 Å². The van der Waals surface area contributed by atoms with Gasteiger partial charge in [0, 0.05) is 31.0 Å². The quantitative estimate of drug-likeness (QED) is 0.867. The van der Waals surface area contributed by atoms with Crippen molar-refractivity contribution in [2.75, 3.05) is 13.1 Å². The monoisotopic (exact) mass is 292 g/mol. The molecule has 1 aliphatic heterocycles. The molecular formula is C17H28N2O2. The van der Waals surface area contributed by atoms with Gasteiger partial charge in [-0.15, -0.1) is 0 Å². The molecule has 118 valence electrons. The summed E-state index contributed by atoms with van der Waals surface area (Å²) in [7, 11) is 0. The van der Waals surface area contributed by atoms with Crippen molar-refractivity contribution in [1.82, 2.24) is 10.2 Å². The number of hydrogen-bond acceptors (Lipinski definition) is 2. The lowest BCUT2D eigenvalue weighted by Gasteiger charge is -2.36. The summed E-state index contributed by atoms with van der Waals surface area (Å²) in [5.74, 6) is 2.23. The number of rotatable bonds is 3. The van der Waals surface area contributed by atoms with E-state index in [9.17, 15) is 9.59 Å². The molecule has 3 aliphatic rings. The summed E-state index contributed by atoms with van der Waals surface area (Å²) in [6.07, 6.45) is 6.99. The van der Waals surface area contributed by atoms with E-state index in [-0.39, 0.29) is 23.8 Å². The standard InChI is InChI=1S/C17H28N2O2/c1-11(2)16(20)18-14-4-3-7-19(10-14)17(21)15-9-12-5-6-13(15)8-12/h11-15H,3-10H2,1-2H3,(H,18,20). The fourth-order valence-electron chi connectivity index (χ4n) is 4.44. The van der Waals surface area contributed by atoms with Gasteiger partial charge in [0.2, 0.25) is 11.8 Å². The van der Waals surface area contributed by atoms with Crippen molar-refractivity contribution in [3.63, 3.8) is 0 Å². The molecule has 3 rings (SSSR count). The maximum absolute atomic E-state index is 12.8. The third kappa shape index (κ3) is 3.09. The minimum Gasteiger partial charge on any atom is -0.351 e. The third-order valence-corrected chi connectivity index (χ3v) is 5.66. The Morgan fingerprint density at radius 3 is 2.57 bits per heavy atom. The van der Waals surface area contributed by atoms with E-state index < -0.39 is 0 Å². The molecule has 2 bridgehead atoms. The number of likely N-dealkylation sites (tertiary alicyclic amines) is 1. The Morgan fingerprint density at radius 2 is 1.95 bits per heavy atom. The Labute approximate surface area is 127 Å². The van der Waals surface area contributed by atoms with Crippen LogP contribution in [0.3, 0.4) is 0 Å². The van der Waals surface area contributed by atoms with Crippen molar-refractivity contribution in [1.29, 1.82) is 0 Å². The first-order chi connectivity index (χ1) is 10.0. The number of nitrogens with zero attached hydrogens (tertiary/aromatic N) is 1. The van der Waals surface area contributed by atoms with Gasteiger partial charge in [-0.2, -0.15) is 0 Å². The van der Waals surface area contributed by atoms with Crippen LogP contribution >= 0.6 is 0 Å². The highest BCUT2D eigenvalue weighted by Gasteiger charge is 2.44. The molecule has 4 unspecified atom stereocenters. The number of fused-ring (bicyclic) bond motifs is 2. The molecule has 21 heavy (non-hydrogen) atoms. The zero-order chi connectivity index (χ0) is 15.0. The van der Waals surface area contributed by atoms with Crippen molar-refractivity contribution < 1.29 is 9.59 Å². The normalized spacial score (nSPS) is 35.3. The zero-order valence-electron chi connectivity index (χ0n) is 13.3. The van der Waals surface area contributed by atoms with Crippen LogP contribution in [-0.4, -0.2) is 35.8 Å². The van der Waals surface area contributed by atoms with Crippen LogP contribution in [0.15, 0.2) is 0 Å². The molecule has 4 atom stereocenters. The van der Waals surface area contributed by atoms with Gasteiger partial charge in [-0.25, -0.2) is 0 Å². The van der Waals surface area contributed by atoms with E-state index in [0.29, 0.717) is 18.4 Å². The van der Waals surface area contributed by atoms with Gasteiger partial charge >= 0.3 is 0 Å². The molecule has 3 fully saturated rings. The van der Waals surface area contributed by atoms with E-state index >= 15 is 0 Å². The van der Waals surface area contributed by atoms with Crippen molar-refractivity contribution >= 4 is 11.8 Å². The first-order valence-corrected chi connectivity index (χ1v) is 8.63. The third-order valence-electron chi connectivity index (χ3n) is 5.66. The lowest BCUT2D eigenvalue weighted by molar-refractivity contribution is -0.139. The van der Waals surface area contributed by atoms with Gasteiger partial charge in [0.15, 0.2) is 0 Å². The highest BCUT2D eigenvalue weighted by Crippen LogP contribution is 2.49. The van der Waals surface area contributed by atoms with Crippen molar-refractivity contribution in [2.24, 2.45) is 23.7 Å². The first-order valence-electron chi connectivity index (χ1n) is 8.63. The molecule has 2 amide bonds. The molecule has 0 radical (unpaired) electrons. The molecule has 4 nitrogen and oxygen atoms in total. The van der Waals surface area contributed by atoms with Crippen molar-refractivity contribution in [3.05, 3.63) is 0 Å². The van der Waals surface area contributed by atoms with Crippen LogP contribution < -0.4 is 5.32 Å². The number of amides is 2. The number of nitrogens with one attached hydrogen (secondary N) is 1. The maximum Gasteiger partial charge on any atom is 0.226 e. The Hall–Kier alpha value is -1.06. The van der Waals surface area contributed by atoms with Crippen molar-refractivity contribution in [3.8, 4) is 0 Å². The summed E-state index contributed by atoms with van der Waals surface area (Å²) >= 11 is 0. The molecule has 0 aromatic rings. The van der Waals surface area contributed by atoms with Crippen molar-refractivity contribution in [2.45, 2.75) is 58.4 Å². The highest BCUT2D eigenvalue weighted by atomic mass is 16.2. The molecular weight excluding hydrogens is 264 g/mol. The Morgan fingerprint density at radius 1 is 1.14 bits per heavy atom. The molecule has 2 saturated carbocycles. The molecule has 1 saturated heterocycles. The number of carbonyl (C=O) groups is 2. The average Bonchev–Trinajstić information content (AvgIpc) is 3.09. The van der Waals surface area contributed by atoms with Gasteiger partial charge in [-0.3, -0.25) is 9.59 Å². The molecule has 4 heteroatoms. The molecule has 1 N–H and O–H groups in total. The fraction of sp³-hybridized carbons (Fsp3) is 0.882. The Kier molecular flexibility index (Phi) is 4.23. The maximum atomic E-state index is 12.8. The first kappa shape index (κ1) is 14.9. The van der Waals surface area contributed by atoms with E-state index in [1.54, 1.807) is 0 Å². The molecule has 0 aromatic heterocycles. The van der Waals surface area contributed by atoms with Gasteiger partial charge in [0.25, 0.3) is 0 Å². The largest absolute Gasteiger partial charge is 0.351 e. The average molecular weight is 292 g/mol. The SMILES string of the molecule is CC(C)C(=O)NC1CCCN(C(=O)C2CC3CCC2C3)C1. The van der Waals surface area contributed by atoms with Gasteiger partial charge in [-0.1, -0.05) is 20.3 Å². The van der Waals surface area contributed by atoms with Gasteiger partial charge < -0.3 is 10.2 Å².